The number of rotatable bonds is 6. The second-order valence-corrected chi connectivity index (χ2v) is 7.07. The van der Waals surface area contributed by atoms with E-state index in [2.05, 4.69) is 0 Å². The molecule has 4 nitrogen and oxygen atoms in total. The average Bonchev–Trinajstić information content (AvgIpc) is 3.15. The van der Waals surface area contributed by atoms with E-state index in [0.717, 1.165) is 11.6 Å². The standard InChI is InChI=1S/C20H17F3N2O2S/c21-20(22,23)15-9-5-4-8-14(15)17-11-28-12-25(17)16(18(26)19(24)27)10-13-6-2-1-3-7-13/h1-9,11,16H,10,12H2,(H2,24,27). The molecule has 2 aromatic carbocycles. The monoisotopic (exact) mass is 406 g/mol. The predicted octanol–water partition coefficient (Wildman–Crippen LogP) is 3.68. The molecule has 2 aromatic rings. The van der Waals surface area contributed by atoms with E-state index < -0.39 is 29.5 Å². The van der Waals surface area contributed by atoms with E-state index in [1.807, 2.05) is 6.07 Å². The number of hydrogen-bond donors (Lipinski definition) is 1. The van der Waals surface area contributed by atoms with Crippen LogP contribution in [-0.2, 0) is 22.2 Å². The molecule has 1 aliphatic heterocycles. The molecule has 1 atom stereocenters. The Labute approximate surface area is 164 Å². The number of hydrogen-bond acceptors (Lipinski definition) is 4. The molecule has 0 fully saturated rings. The fraction of sp³-hybridized carbons (Fsp3) is 0.200. The van der Waals surface area contributed by atoms with Gasteiger partial charge in [0.05, 0.1) is 17.1 Å². The highest BCUT2D eigenvalue weighted by Gasteiger charge is 2.38. The van der Waals surface area contributed by atoms with Crippen LogP contribution >= 0.6 is 11.8 Å². The Morgan fingerprint density at radius 1 is 1.07 bits per heavy atom. The third kappa shape index (κ3) is 4.22. The normalized spacial score (nSPS) is 15.2. The van der Waals surface area contributed by atoms with Crippen molar-refractivity contribution in [3.63, 3.8) is 0 Å². The van der Waals surface area contributed by atoms with Crippen LogP contribution in [0, 0.1) is 0 Å². The number of Topliss-reactive ketones (excluding diaryl/α,β-unsaturated/α-hetero) is 1. The van der Waals surface area contributed by atoms with Crippen LogP contribution in [0.4, 0.5) is 13.2 Å². The number of alkyl halides is 3. The highest BCUT2D eigenvalue weighted by atomic mass is 32.2. The summed E-state index contributed by atoms with van der Waals surface area (Å²) >= 11 is 1.26. The van der Waals surface area contributed by atoms with Gasteiger partial charge in [-0.1, -0.05) is 48.5 Å². The van der Waals surface area contributed by atoms with Gasteiger partial charge in [-0.15, -0.1) is 11.8 Å². The van der Waals surface area contributed by atoms with Crippen LogP contribution in [0.5, 0.6) is 0 Å². The molecule has 0 saturated heterocycles. The van der Waals surface area contributed by atoms with Crippen LogP contribution in [0.2, 0.25) is 0 Å². The van der Waals surface area contributed by atoms with Gasteiger partial charge in [0, 0.05) is 12.0 Å². The summed E-state index contributed by atoms with van der Waals surface area (Å²) in [7, 11) is 0. The highest BCUT2D eigenvalue weighted by Crippen LogP contribution is 2.40. The van der Waals surface area contributed by atoms with E-state index >= 15 is 0 Å². The third-order valence-corrected chi connectivity index (χ3v) is 5.24. The molecule has 0 bridgehead atoms. The minimum Gasteiger partial charge on any atom is -0.363 e. The predicted molar refractivity (Wildman–Crippen MR) is 102 cm³/mol. The topological polar surface area (TPSA) is 63.4 Å². The molecule has 8 heteroatoms. The van der Waals surface area contributed by atoms with Crippen molar-refractivity contribution in [1.29, 1.82) is 0 Å². The van der Waals surface area contributed by atoms with Crippen LogP contribution in [0.15, 0.2) is 60.0 Å². The Hall–Kier alpha value is -2.74. The van der Waals surface area contributed by atoms with Gasteiger partial charge in [0.2, 0.25) is 5.78 Å². The molecule has 0 radical (unpaired) electrons. The lowest BCUT2D eigenvalue weighted by Gasteiger charge is -2.31. The lowest BCUT2D eigenvalue weighted by Crippen LogP contribution is -2.45. The van der Waals surface area contributed by atoms with Gasteiger partial charge in [0.1, 0.15) is 6.04 Å². The SMILES string of the molecule is NC(=O)C(=O)C(Cc1ccccc1)N1CSC=C1c1ccccc1C(F)(F)F. The fourth-order valence-electron chi connectivity index (χ4n) is 3.11. The molecular formula is C20H17F3N2O2S. The number of halogens is 3. The zero-order valence-corrected chi connectivity index (χ0v) is 15.5. The summed E-state index contributed by atoms with van der Waals surface area (Å²) in [6.07, 6.45) is -4.38. The number of thioether (sulfide) groups is 1. The number of primary amides is 1. The second kappa shape index (κ2) is 8.10. The summed E-state index contributed by atoms with van der Waals surface area (Å²) in [6, 6.07) is 13.2. The second-order valence-electron chi connectivity index (χ2n) is 6.25. The van der Waals surface area contributed by atoms with Crippen molar-refractivity contribution in [2.45, 2.75) is 18.6 Å². The maximum atomic E-state index is 13.5. The molecule has 1 aliphatic rings. The van der Waals surface area contributed by atoms with Crippen molar-refractivity contribution < 1.29 is 22.8 Å². The number of benzene rings is 2. The molecular weight excluding hydrogens is 389 g/mol. The van der Waals surface area contributed by atoms with Crippen molar-refractivity contribution >= 4 is 29.1 Å². The molecule has 0 spiro atoms. The van der Waals surface area contributed by atoms with Gasteiger partial charge in [0.15, 0.2) is 0 Å². The lowest BCUT2D eigenvalue weighted by molar-refractivity contribution is -0.138. The Morgan fingerprint density at radius 2 is 1.71 bits per heavy atom. The quantitative estimate of drug-likeness (QED) is 0.744. The molecule has 0 aliphatic carbocycles. The van der Waals surface area contributed by atoms with E-state index in [1.54, 1.807) is 29.7 Å². The fourth-order valence-corrected chi connectivity index (χ4v) is 4.08. The number of carbonyl (C=O) groups is 2. The van der Waals surface area contributed by atoms with Crippen molar-refractivity contribution in [3.8, 4) is 0 Å². The first kappa shape index (κ1) is 20.0. The van der Waals surface area contributed by atoms with Crippen LogP contribution < -0.4 is 5.73 Å². The Kier molecular flexibility index (Phi) is 5.79. The molecule has 1 heterocycles. The molecule has 0 saturated carbocycles. The molecule has 1 unspecified atom stereocenters. The minimum atomic E-state index is -4.54. The number of carbonyl (C=O) groups excluding carboxylic acids is 2. The summed E-state index contributed by atoms with van der Waals surface area (Å²) in [4.78, 5) is 25.6. The summed E-state index contributed by atoms with van der Waals surface area (Å²) in [5.74, 6) is -1.69. The first-order valence-corrected chi connectivity index (χ1v) is 9.46. The summed E-state index contributed by atoms with van der Waals surface area (Å²) in [5.41, 5.74) is 5.43. The van der Waals surface area contributed by atoms with Gasteiger partial charge < -0.3 is 10.6 Å². The molecule has 3 rings (SSSR count). The van der Waals surface area contributed by atoms with Gasteiger partial charge in [-0.25, -0.2) is 0 Å². The zero-order chi connectivity index (χ0) is 20.3. The summed E-state index contributed by atoms with van der Waals surface area (Å²) in [6.45, 7) is 0. The van der Waals surface area contributed by atoms with Crippen LogP contribution in [0.3, 0.4) is 0 Å². The van der Waals surface area contributed by atoms with Gasteiger partial charge in [-0.2, -0.15) is 13.2 Å². The Balaban J connectivity index is 2.01. The maximum Gasteiger partial charge on any atom is 0.417 e. The number of nitrogens with two attached hydrogens (primary N) is 1. The maximum absolute atomic E-state index is 13.5. The molecule has 146 valence electrons. The lowest BCUT2D eigenvalue weighted by atomic mass is 9.97. The molecule has 28 heavy (non-hydrogen) atoms. The van der Waals surface area contributed by atoms with Gasteiger partial charge in [-0.3, -0.25) is 9.59 Å². The minimum absolute atomic E-state index is 0.0321. The molecule has 1 amide bonds. The summed E-state index contributed by atoms with van der Waals surface area (Å²) < 4.78 is 40.4. The van der Waals surface area contributed by atoms with Crippen molar-refractivity contribution in [2.24, 2.45) is 5.73 Å². The van der Waals surface area contributed by atoms with E-state index in [4.69, 9.17) is 5.73 Å². The van der Waals surface area contributed by atoms with Crippen LogP contribution in [-0.4, -0.2) is 28.5 Å². The highest BCUT2D eigenvalue weighted by molar-refractivity contribution is 8.02. The van der Waals surface area contributed by atoms with E-state index in [-0.39, 0.29) is 23.6 Å². The van der Waals surface area contributed by atoms with Gasteiger partial charge in [-0.05, 0) is 17.0 Å². The van der Waals surface area contributed by atoms with E-state index in [0.29, 0.717) is 0 Å². The number of nitrogens with zero attached hydrogens (tertiary/aromatic N) is 1. The number of ketones is 1. The van der Waals surface area contributed by atoms with E-state index in [1.165, 1.54) is 34.9 Å². The smallest absolute Gasteiger partial charge is 0.363 e. The number of amides is 1. The first-order chi connectivity index (χ1) is 13.3. The zero-order valence-electron chi connectivity index (χ0n) is 14.6. The first-order valence-electron chi connectivity index (χ1n) is 8.41. The van der Waals surface area contributed by atoms with Gasteiger partial charge in [0.25, 0.3) is 5.91 Å². The largest absolute Gasteiger partial charge is 0.417 e. The third-order valence-electron chi connectivity index (χ3n) is 4.42. The summed E-state index contributed by atoms with van der Waals surface area (Å²) in [5, 5.41) is 1.58. The molecule has 0 aromatic heterocycles. The van der Waals surface area contributed by atoms with Gasteiger partial charge >= 0.3 is 6.18 Å². The Bertz CT molecular complexity index is 913. The molecule has 2 N–H and O–H groups in total. The van der Waals surface area contributed by atoms with Crippen LogP contribution in [0.25, 0.3) is 5.70 Å². The van der Waals surface area contributed by atoms with Crippen LogP contribution in [0.1, 0.15) is 16.7 Å². The van der Waals surface area contributed by atoms with Crippen molar-refractivity contribution in [3.05, 3.63) is 76.7 Å². The van der Waals surface area contributed by atoms with E-state index in [9.17, 15) is 22.8 Å². The average molecular weight is 406 g/mol. The van der Waals surface area contributed by atoms with Crippen molar-refractivity contribution in [1.82, 2.24) is 4.90 Å². The Morgan fingerprint density at radius 3 is 2.36 bits per heavy atom. The van der Waals surface area contributed by atoms with Crippen molar-refractivity contribution in [2.75, 3.05) is 5.88 Å².